The molecule has 2 aromatic rings. The van der Waals surface area contributed by atoms with E-state index in [0.717, 1.165) is 5.82 Å². The Hall–Kier alpha value is -2.99. The largest absolute Gasteiger partial charge is 0.483 e. The highest BCUT2D eigenvalue weighted by molar-refractivity contribution is 7.92. The number of aromatic nitrogens is 3. The molecule has 0 aliphatic carbocycles. The van der Waals surface area contributed by atoms with Crippen molar-refractivity contribution in [2.45, 2.75) is 24.4 Å². The summed E-state index contributed by atoms with van der Waals surface area (Å²) >= 11 is 0. The maximum absolute atomic E-state index is 12.6. The van der Waals surface area contributed by atoms with Crippen LogP contribution >= 0.6 is 0 Å². The number of likely N-dealkylation sites (tertiary alicyclic amines) is 1. The second kappa shape index (κ2) is 9.43. The molecule has 4 heterocycles. The normalized spacial score (nSPS) is 24.1. The van der Waals surface area contributed by atoms with Crippen molar-refractivity contribution < 1.29 is 23.1 Å². The Balaban J connectivity index is 0.000000858. The van der Waals surface area contributed by atoms with Gasteiger partial charge in [0.2, 0.25) is 5.91 Å². The molecule has 0 bridgehead atoms. The third kappa shape index (κ3) is 5.20. The van der Waals surface area contributed by atoms with Gasteiger partial charge in [0.15, 0.2) is 9.84 Å². The van der Waals surface area contributed by atoms with Crippen molar-refractivity contribution >= 4 is 22.2 Å². The highest BCUT2D eigenvalue weighted by atomic mass is 32.2. The topological polar surface area (TPSA) is 144 Å². The molecular formula is C19H25N5O6S. The van der Waals surface area contributed by atoms with Gasteiger partial charge >= 0.3 is 0 Å². The number of fused-ring (bicyclic) bond motifs is 1. The van der Waals surface area contributed by atoms with Crippen molar-refractivity contribution in [1.82, 2.24) is 24.3 Å². The first-order chi connectivity index (χ1) is 14.7. The molecule has 2 aromatic heterocycles. The maximum Gasteiger partial charge on any atom is 0.290 e. The summed E-state index contributed by atoms with van der Waals surface area (Å²) in [6.07, 6.45) is 5.12. The van der Waals surface area contributed by atoms with Gasteiger partial charge in [-0.25, -0.2) is 13.4 Å². The zero-order valence-corrected chi connectivity index (χ0v) is 17.8. The summed E-state index contributed by atoms with van der Waals surface area (Å²) in [4.78, 5) is 38.9. The highest BCUT2D eigenvalue weighted by Gasteiger charge is 2.52. The molecule has 2 aliphatic heterocycles. The van der Waals surface area contributed by atoms with Crippen LogP contribution < -0.4 is 10.9 Å². The van der Waals surface area contributed by atoms with E-state index < -0.39 is 21.1 Å². The lowest BCUT2D eigenvalue weighted by Crippen LogP contribution is -2.44. The number of sulfone groups is 1. The summed E-state index contributed by atoms with van der Waals surface area (Å²) in [5.74, 6) is 0.327. The van der Waals surface area contributed by atoms with Crippen LogP contribution in [0.3, 0.4) is 0 Å². The fourth-order valence-electron chi connectivity index (χ4n) is 4.17. The molecule has 3 atom stereocenters. The molecule has 0 radical (unpaired) electrons. The first-order valence-electron chi connectivity index (χ1n) is 9.68. The minimum Gasteiger partial charge on any atom is -0.483 e. The SMILES string of the molecule is Cn1ccnc1CN1C[C@H]2[C@H](NC(=O)Cn3ccccc3=O)CS(=O)(=O)[C@H]2C1.O=CO. The molecule has 2 fully saturated rings. The van der Waals surface area contributed by atoms with E-state index >= 15 is 0 Å². The fourth-order valence-corrected chi connectivity index (χ4v) is 6.49. The number of imidazole rings is 1. The van der Waals surface area contributed by atoms with Gasteiger partial charge in [-0.2, -0.15) is 0 Å². The van der Waals surface area contributed by atoms with Crippen LogP contribution in [-0.2, 0) is 39.6 Å². The first-order valence-corrected chi connectivity index (χ1v) is 11.4. The van der Waals surface area contributed by atoms with Crippen LogP contribution in [0.1, 0.15) is 5.82 Å². The summed E-state index contributed by atoms with van der Waals surface area (Å²) in [7, 11) is -1.37. The van der Waals surface area contributed by atoms with Crippen LogP contribution in [-0.4, -0.2) is 75.1 Å². The molecule has 0 aromatic carbocycles. The summed E-state index contributed by atoms with van der Waals surface area (Å²) in [6, 6.07) is 4.24. The summed E-state index contributed by atoms with van der Waals surface area (Å²) in [5.41, 5.74) is -0.267. The van der Waals surface area contributed by atoms with Crippen molar-refractivity contribution in [3.05, 3.63) is 53.0 Å². The van der Waals surface area contributed by atoms with Gasteiger partial charge in [-0.15, -0.1) is 0 Å². The number of amides is 1. The van der Waals surface area contributed by atoms with Crippen molar-refractivity contribution in [2.75, 3.05) is 18.8 Å². The number of aryl methyl sites for hydroxylation is 1. The van der Waals surface area contributed by atoms with Crippen LogP contribution in [0.4, 0.5) is 0 Å². The summed E-state index contributed by atoms with van der Waals surface area (Å²) in [5, 5.41) is 9.26. The molecule has 2 aliphatic rings. The lowest BCUT2D eigenvalue weighted by atomic mass is 10.0. The quantitative estimate of drug-likeness (QED) is 0.534. The third-order valence-electron chi connectivity index (χ3n) is 5.62. The standard InChI is InChI=1S/C18H23N5O4S.CH2O2/c1-21-7-5-19-16(21)10-22-8-13-14(12-28(26,27)15(13)9-22)20-17(24)11-23-6-3-2-4-18(23)25;2-1-3/h2-7,13-15H,8-12H2,1H3,(H,20,24);1H,(H,2,3)/t13-,14+,15-;/m0./s1. The Bertz CT molecular complexity index is 1090. The number of nitrogens with one attached hydrogen (secondary N) is 1. The minimum atomic E-state index is -3.27. The summed E-state index contributed by atoms with van der Waals surface area (Å²) in [6.45, 7) is 1.24. The van der Waals surface area contributed by atoms with E-state index in [4.69, 9.17) is 9.90 Å². The van der Waals surface area contributed by atoms with Crippen molar-refractivity contribution in [1.29, 1.82) is 0 Å². The molecule has 1 amide bonds. The van der Waals surface area contributed by atoms with Crippen LogP contribution in [0, 0.1) is 5.92 Å². The maximum atomic E-state index is 12.6. The second-order valence-corrected chi connectivity index (χ2v) is 9.89. The average Bonchev–Trinajstić information content (AvgIpc) is 3.36. The Morgan fingerprint density at radius 1 is 1.32 bits per heavy atom. The van der Waals surface area contributed by atoms with Gasteiger partial charge in [0, 0.05) is 56.8 Å². The first kappa shape index (κ1) is 22.7. The van der Waals surface area contributed by atoms with Gasteiger partial charge in [-0.05, 0) is 6.07 Å². The van der Waals surface area contributed by atoms with Crippen molar-refractivity contribution in [3.8, 4) is 0 Å². The molecule has 168 valence electrons. The number of pyridine rings is 1. The molecule has 4 rings (SSSR count). The van der Waals surface area contributed by atoms with Crippen LogP contribution in [0.2, 0.25) is 0 Å². The van der Waals surface area contributed by atoms with E-state index in [1.165, 1.54) is 10.6 Å². The molecular weight excluding hydrogens is 426 g/mol. The zero-order chi connectivity index (χ0) is 22.6. The molecule has 2 N–H and O–H groups in total. The molecule has 0 saturated carbocycles. The lowest BCUT2D eigenvalue weighted by Gasteiger charge is -2.21. The van der Waals surface area contributed by atoms with Gasteiger partial charge < -0.3 is 19.6 Å². The second-order valence-electron chi connectivity index (χ2n) is 7.63. The predicted octanol–water partition coefficient (Wildman–Crippen LogP) is -1.30. The smallest absolute Gasteiger partial charge is 0.290 e. The zero-order valence-electron chi connectivity index (χ0n) is 17.0. The van der Waals surface area contributed by atoms with Crippen LogP contribution in [0.25, 0.3) is 0 Å². The number of nitrogens with zero attached hydrogens (tertiary/aromatic N) is 4. The van der Waals surface area contributed by atoms with Gasteiger partial charge in [0.1, 0.15) is 12.4 Å². The minimum absolute atomic E-state index is 0.0476. The Kier molecular flexibility index (Phi) is 6.91. The van der Waals surface area contributed by atoms with Gasteiger partial charge in [0.05, 0.1) is 17.5 Å². The number of hydrogen-bond donors (Lipinski definition) is 2. The molecule has 31 heavy (non-hydrogen) atoms. The Morgan fingerprint density at radius 2 is 2.06 bits per heavy atom. The van der Waals surface area contributed by atoms with Crippen LogP contribution in [0.5, 0.6) is 0 Å². The molecule has 0 spiro atoms. The highest BCUT2D eigenvalue weighted by Crippen LogP contribution is 2.34. The fraction of sp³-hybridized carbons (Fsp3) is 0.474. The van der Waals surface area contributed by atoms with E-state index in [1.807, 2.05) is 17.8 Å². The van der Waals surface area contributed by atoms with Gasteiger partial charge in [-0.1, -0.05) is 6.07 Å². The number of carbonyl (C=O) groups is 2. The van der Waals surface area contributed by atoms with E-state index in [0.29, 0.717) is 19.6 Å². The monoisotopic (exact) mass is 451 g/mol. The number of carbonyl (C=O) groups excluding carboxylic acids is 1. The third-order valence-corrected chi connectivity index (χ3v) is 7.86. The van der Waals surface area contributed by atoms with Crippen molar-refractivity contribution in [2.24, 2.45) is 13.0 Å². The number of rotatable bonds is 5. The molecule has 0 unspecified atom stereocenters. The summed E-state index contributed by atoms with van der Waals surface area (Å²) < 4.78 is 28.4. The average molecular weight is 452 g/mol. The van der Waals surface area contributed by atoms with E-state index in [9.17, 15) is 18.0 Å². The van der Waals surface area contributed by atoms with E-state index in [2.05, 4.69) is 15.2 Å². The number of hydrogen-bond acceptors (Lipinski definition) is 7. The Morgan fingerprint density at radius 3 is 2.71 bits per heavy atom. The van der Waals surface area contributed by atoms with E-state index in [1.54, 1.807) is 24.5 Å². The van der Waals surface area contributed by atoms with Gasteiger partial charge in [0.25, 0.3) is 12.0 Å². The van der Waals surface area contributed by atoms with E-state index in [-0.39, 0.29) is 36.2 Å². The Labute approximate surface area is 179 Å². The predicted molar refractivity (Wildman–Crippen MR) is 111 cm³/mol. The lowest BCUT2D eigenvalue weighted by molar-refractivity contribution is -0.123. The van der Waals surface area contributed by atoms with Gasteiger partial charge in [-0.3, -0.25) is 19.3 Å². The molecule has 2 saturated heterocycles. The number of carboxylic acid groups (broad SMARTS) is 1. The van der Waals surface area contributed by atoms with Crippen LogP contribution in [0.15, 0.2) is 41.6 Å². The molecule has 11 nitrogen and oxygen atoms in total. The molecule has 12 heteroatoms. The van der Waals surface area contributed by atoms with Crippen molar-refractivity contribution in [3.63, 3.8) is 0 Å².